The first kappa shape index (κ1) is 13.6. The van der Waals surface area contributed by atoms with E-state index in [9.17, 15) is 9.59 Å². The van der Waals surface area contributed by atoms with Crippen LogP contribution >= 0.6 is 11.8 Å². The quantitative estimate of drug-likeness (QED) is 0.825. The van der Waals surface area contributed by atoms with E-state index in [0.29, 0.717) is 12.2 Å². The Morgan fingerprint density at radius 2 is 2.24 bits per heavy atom. The lowest BCUT2D eigenvalue weighted by Crippen LogP contribution is -2.31. The summed E-state index contributed by atoms with van der Waals surface area (Å²) in [7, 11) is 1.72. The molecule has 1 amide bonds. The number of hydrogen-bond donors (Lipinski definition) is 1. The third kappa shape index (κ3) is 3.81. The van der Waals surface area contributed by atoms with Crippen molar-refractivity contribution in [2.75, 3.05) is 25.6 Å². The molecule has 0 saturated heterocycles. The van der Waals surface area contributed by atoms with Crippen molar-refractivity contribution in [1.29, 1.82) is 0 Å². The average molecular weight is 256 g/mol. The van der Waals surface area contributed by atoms with Crippen LogP contribution in [0.25, 0.3) is 0 Å². The van der Waals surface area contributed by atoms with Gasteiger partial charge in [-0.2, -0.15) is 11.8 Å². The third-order valence-electron chi connectivity index (χ3n) is 2.33. The lowest BCUT2D eigenvalue weighted by molar-refractivity contribution is -0.137. The van der Waals surface area contributed by atoms with E-state index in [1.165, 1.54) is 4.57 Å². The van der Waals surface area contributed by atoms with Crippen molar-refractivity contribution in [3.05, 3.63) is 24.0 Å². The molecule has 1 aromatic rings. The van der Waals surface area contributed by atoms with Crippen LogP contribution in [0.3, 0.4) is 0 Å². The molecule has 1 heterocycles. The topological polar surface area (TPSA) is 62.5 Å². The van der Waals surface area contributed by atoms with Crippen LogP contribution in [0.1, 0.15) is 10.5 Å². The number of carboxylic acids is 1. The second kappa shape index (κ2) is 6.34. The number of carboxylic acid groups (broad SMARTS) is 1. The normalized spacial score (nSPS) is 10.2. The molecule has 6 heteroatoms. The molecule has 94 valence electrons. The van der Waals surface area contributed by atoms with Crippen LogP contribution in [-0.2, 0) is 11.3 Å². The first-order chi connectivity index (χ1) is 8.06. The van der Waals surface area contributed by atoms with Crippen LogP contribution in [0.15, 0.2) is 18.3 Å². The highest BCUT2D eigenvalue weighted by Crippen LogP contribution is 2.06. The number of nitrogens with zero attached hydrogens (tertiary/aromatic N) is 2. The molecule has 0 unspecified atom stereocenters. The lowest BCUT2D eigenvalue weighted by Gasteiger charge is -2.17. The molecular weight excluding hydrogens is 240 g/mol. The summed E-state index contributed by atoms with van der Waals surface area (Å²) < 4.78 is 1.44. The summed E-state index contributed by atoms with van der Waals surface area (Å²) in [5.41, 5.74) is 0.413. The SMILES string of the molecule is CSCCN(C)C(=O)c1cccn1CC(=O)O. The maximum absolute atomic E-state index is 12.0. The van der Waals surface area contributed by atoms with E-state index >= 15 is 0 Å². The van der Waals surface area contributed by atoms with Gasteiger partial charge in [0.1, 0.15) is 12.2 Å². The van der Waals surface area contributed by atoms with Gasteiger partial charge in [0.2, 0.25) is 0 Å². The number of amides is 1. The van der Waals surface area contributed by atoms with Crippen LogP contribution in [0.4, 0.5) is 0 Å². The third-order valence-corrected chi connectivity index (χ3v) is 2.92. The number of carbonyl (C=O) groups excluding carboxylic acids is 1. The van der Waals surface area contributed by atoms with E-state index in [0.717, 1.165) is 5.75 Å². The molecule has 1 rings (SSSR count). The fourth-order valence-electron chi connectivity index (χ4n) is 1.42. The molecule has 0 atom stereocenters. The fourth-order valence-corrected chi connectivity index (χ4v) is 1.87. The molecule has 1 aromatic heterocycles. The number of carbonyl (C=O) groups is 2. The molecule has 0 spiro atoms. The maximum atomic E-state index is 12.0. The molecule has 0 bridgehead atoms. The summed E-state index contributed by atoms with van der Waals surface area (Å²) in [5, 5.41) is 8.72. The first-order valence-corrected chi connectivity index (χ1v) is 6.57. The van der Waals surface area contributed by atoms with Crippen molar-refractivity contribution in [1.82, 2.24) is 9.47 Å². The molecule has 0 radical (unpaired) electrons. The largest absolute Gasteiger partial charge is 0.480 e. The van der Waals surface area contributed by atoms with Crippen molar-refractivity contribution >= 4 is 23.6 Å². The highest BCUT2D eigenvalue weighted by atomic mass is 32.2. The van der Waals surface area contributed by atoms with E-state index in [4.69, 9.17) is 5.11 Å². The van der Waals surface area contributed by atoms with Crippen LogP contribution in [0.2, 0.25) is 0 Å². The van der Waals surface area contributed by atoms with E-state index < -0.39 is 5.97 Å². The Kier molecular flexibility index (Phi) is 5.09. The Morgan fingerprint density at radius 3 is 2.82 bits per heavy atom. The van der Waals surface area contributed by atoms with E-state index in [-0.39, 0.29) is 12.5 Å². The second-order valence-electron chi connectivity index (χ2n) is 3.63. The van der Waals surface area contributed by atoms with Gasteiger partial charge in [-0.25, -0.2) is 0 Å². The van der Waals surface area contributed by atoms with Crippen LogP contribution in [-0.4, -0.2) is 52.1 Å². The first-order valence-electron chi connectivity index (χ1n) is 5.17. The minimum atomic E-state index is -0.956. The average Bonchev–Trinajstić information content (AvgIpc) is 2.71. The number of thioether (sulfide) groups is 1. The smallest absolute Gasteiger partial charge is 0.323 e. The molecule has 0 fully saturated rings. The van der Waals surface area contributed by atoms with Gasteiger partial charge < -0.3 is 14.6 Å². The zero-order valence-electron chi connectivity index (χ0n) is 9.92. The van der Waals surface area contributed by atoms with Crippen molar-refractivity contribution in [3.63, 3.8) is 0 Å². The van der Waals surface area contributed by atoms with Crippen molar-refractivity contribution in [3.8, 4) is 0 Å². The predicted molar refractivity (Wildman–Crippen MR) is 67.4 cm³/mol. The Balaban J connectivity index is 2.74. The van der Waals surface area contributed by atoms with Crippen LogP contribution < -0.4 is 0 Å². The molecule has 0 aliphatic carbocycles. The van der Waals surface area contributed by atoms with Gasteiger partial charge in [0.15, 0.2) is 0 Å². The van der Waals surface area contributed by atoms with Gasteiger partial charge in [-0.3, -0.25) is 9.59 Å². The molecule has 1 N–H and O–H groups in total. The fraction of sp³-hybridized carbons (Fsp3) is 0.455. The van der Waals surface area contributed by atoms with Gasteiger partial charge in [0, 0.05) is 25.5 Å². The molecular formula is C11H16N2O3S. The zero-order chi connectivity index (χ0) is 12.8. The Labute approximate surface area is 104 Å². The van der Waals surface area contributed by atoms with Crippen molar-refractivity contribution in [2.24, 2.45) is 0 Å². The number of aromatic nitrogens is 1. The highest BCUT2D eigenvalue weighted by Gasteiger charge is 2.16. The summed E-state index contributed by atoms with van der Waals surface area (Å²) in [5.74, 6) is -0.241. The van der Waals surface area contributed by atoms with Gasteiger partial charge in [-0.15, -0.1) is 0 Å². The Morgan fingerprint density at radius 1 is 1.53 bits per heavy atom. The van der Waals surface area contributed by atoms with Gasteiger partial charge in [-0.05, 0) is 18.4 Å². The minimum Gasteiger partial charge on any atom is -0.480 e. The molecule has 17 heavy (non-hydrogen) atoms. The van der Waals surface area contributed by atoms with E-state index in [1.54, 1.807) is 42.0 Å². The summed E-state index contributed by atoms with van der Waals surface area (Å²) in [4.78, 5) is 24.3. The molecule has 0 aromatic carbocycles. The van der Waals surface area contributed by atoms with E-state index in [1.807, 2.05) is 6.26 Å². The van der Waals surface area contributed by atoms with E-state index in [2.05, 4.69) is 0 Å². The Bertz CT molecular complexity index is 403. The summed E-state index contributed by atoms with van der Waals surface area (Å²) >= 11 is 1.66. The zero-order valence-corrected chi connectivity index (χ0v) is 10.7. The van der Waals surface area contributed by atoms with Gasteiger partial charge in [0.25, 0.3) is 5.91 Å². The lowest BCUT2D eigenvalue weighted by atomic mass is 10.3. The van der Waals surface area contributed by atoms with Crippen molar-refractivity contribution in [2.45, 2.75) is 6.54 Å². The maximum Gasteiger partial charge on any atom is 0.323 e. The van der Waals surface area contributed by atoms with Crippen molar-refractivity contribution < 1.29 is 14.7 Å². The monoisotopic (exact) mass is 256 g/mol. The van der Waals surface area contributed by atoms with Crippen LogP contribution in [0, 0.1) is 0 Å². The highest BCUT2D eigenvalue weighted by molar-refractivity contribution is 7.98. The standard InChI is InChI=1S/C11H16N2O3S/c1-12(6-7-17-2)11(16)9-4-3-5-13(9)8-10(14)15/h3-5H,6-8H2,1-2H3,(H,14,15). The molecule has 0 aliphatic rings. The molecule has 0 aliphatic heterocycles. The minimum absolute atomic E-state index is 0.148. The number of hydrogen-bond acceptors (Lipinski definition) is 3. The van der Waals surface area contributed by atoms with Crippen LogP contribution in [0.5, 0.6) is 0 Å². The second-order valence-corrected chi connectivity index (χ2v) is 4.62. The van der Waals surface area contributed by atoms with Gasteiger partial charge >= 0.3 is 5.97 Å². The summed E-state index contributed by atoms with van der Waals surface area (Å²) in [6.07, 6.45) is 3.58. The number of rotatable bonds is 6. The molecule has 5 nitrogen and oxygen atoms in total. The predicted octanol–water partition coefficient (Wildman–Crippen LogP) is 1.01. The van der Waals surface area contributed by atoms with Gasteiger partial charge in [-0.1, -0.05) is 0 Å². The summed E-state index contributed by atoms with van der Waals surface area (Å²) in [6, 6.07) is 3.32. The van der Waals surface area contributed by atoms with Gasteiger partial charge in [0.05, 0.1) is 0 Å². The number of aliphatic carboxylic acids is 1. The molecule has 0 saturated carbocycles. The Hall–Kier alpha value is -1.43. The summed E-state index contributed by atoms with van der Waals surface area (Å²) in [6.45, 7) is 0.461.